The van der Waals surface area contributed by atoms with E-state index in [-0.39, 0.29) is 42.7 Å². The minimum absolute atomic E-state index is 0. The van der Waals surface area contributed by atoms with Crippen LogP contribution in [0.1, 0.15) is 35.7 Å². The standard InChI is InChI=1S/C18H22N4O2.2ClH/c1-13(19)8-9-17(23)22-16-7-3-2-6-15(16)18(24)21-12-14-5-4-10-20-11-14;;/h2-7,10-11,13H,8-9,12,19H2,1H3,(H,21,24)(H,22,23);2*1H. The highest BCUT2D eigenvalue weighted by atomic mass is 35.5. The number of nitrogens with one attached hydrogen (secondary N) is 2. The third-order valence-electron chi connectivity index (χ3n) is 3.45. The van der Waals surface area contributed by atoms with Crippen molar-refractivity contribution in [3.63, 3.8) is 0 Å². The van der Waals surface area contributed by atoms with Crippen LogP contribution in [0.3, 0.4) is 0 Å². The summed E-state index contributed by atoms with van der Waals surface area (Å²) in [4.78, 5) is 28.4. The van der Waals surface area contributed by atoms with Crippen molar-refractivity contribution >= 4 is 42.3 Å². The van der Waals surface area contributed by atoms with Gasteiger partial charge in [-0.2, -0.15) is 0 Å². The number of hydrogen-bond acceptors (Lipinski definition) is 4. The molecule has 1 heterocycles. The Kier molecular flexibility index (Phi) is 11.2. The summed E-state index contributed by atoms with van der Waals surface area (Å²) in [7, 11) is 0. The molecule has 0 saturated carbocycles. The number of pyridine rings is 1. The summed E-state index contributed by atoms with van der Waals surface area (Å²) in [6.07, 6.45) is 4.30. The van der Waals surface area contributed by atoms with E-state index >= 15 is 0 Å². The number of hydrogen-bond donors (Lipinski definition) is 3. The van der Waals surface area contributed by atoms with Crippen LogP contribution in [0.4, 0.5) is 5.69 Å². The number of para-hydroxylation sites is 1. The molecule has 0 fully saturated rings. The number of rotatable bonds is 7. The van der Waals surface area contributed by atoms with Gasteiger partial charge in [-0.1, -0.05) is 18.2 Å². The zero-order valence-electron chi connectivity index (χ0n) is 14.5. The second kappa shape index (κ2) is 12.2. The van der Waals surface area contributed by atoms with Gasteiger partial charge in [0.25, 0.3) is 5.91 Å². The lowest BCUT2D eigenvalue weighted by Crippen LogP contribution is -2.25. The van der Waals surface area contributed by atoms with Crippen LogP contribution in [0, 0.1) is 0 Å². The predicted molar refractivity (Wildman–Crippen MR) is 108 cm³/mol. The average molecular weight is 399 g/mol. The Labute approximate surface area is 165 Å². The maximum absolute atomic E-state index is 12.4. The predicted octanol–water partition coefficient (Wildman–Crippen LogP) is 2.92. The topological polar surface area (TPSA) is 97.1 Å². The number of aromatic nitrogens is 1. The van der Waals surface area contributed by atoms with E-state index in [1.54, 1.807) is 36.7 Å². The molecule has 0 aliphatic rings. The van der Waals surface area contributed by atoms with E-state index < -0.39 is 0 Å². The lowest BCUT2D eigenvalue weighted by atomic mass is 10.1. The van der Waals surface area contributed by atoms with Gasteiger partial charge in [0.15, 0.2) is 0 Å². The molecule has 0 bridgehead atoms. The summed E-state index contributed by atoms with van der Waals surface area (Å²) < 4.78 is 0. The van der Waals surface area contributed by atoms with Crippen LogP contribution in [-0.4, -0.2) is 22.8 Å². The molecule has 1 aromatic heterocycles. The highest BCUT2D eigenvalue weighted by molar-refractivity contribution is 6.03. The van der Waals surface area contributed by atoms with Gasteiger partial charge in [-0.15, -0.1) is 24.8 Å². The van der Waals surface area contributed by atoms with Gasteiger partial charge in [-0.25, -0.2) is 0 Å². The van der Waals surface area contributed by atoms with Crippen LogP contribution in [-0.2, 0) is 11.3 Å². The van der Waals surface area contributed by atoms with Crippen molar-refractivity contribution in [1.82, 2.24) is 10.3 Å². The van der Waals surface area contributed by atoms with Crippen LogP contribution in [0.25, 0.3) is 0 Å². The Bertz CT molecular complexity index is 697. The van der Waals surface area contributed by atoms with E-state index in [0.717, 1.165) is 5.56 Å². The molecule has 0 spiro atoms. The second-order valence-corrected chi connectivity index (χ2v) is 5.65. The monoisotopic (exact) mass is 398 g/mol. The molecule has 8 heteroatoms. The number of benzene rings is 1. The van der Waals surface area contributed by atoms with Crippen LogP contribution in [0.15, 0.2) is 48.8 Å². The molecule has 142 valence electrons. The normalized spacial score (nSPS) is 10.7. The SMILES string of the molecule is CC(N)CCC(=O)Nc1ccccc1C(=O)NCc1cccnc1.Cl.Cl. The molecule has 26 heavy (non-hydrogen) atoms. The second-order valence-electron chi connectivity index (χ2n) is 5.65. The highest BCUT2D eigenvalue weighted by Gasteiger charge is 2.13. The zero-order valence-corrected chi connectivity index (χ0v) is 16.1. The lowest BCUT2D eigenvalue weighted by Gasteiger charge is -2.12. The minimum atomic E-state index is -0.248. The fourth-order valence-corrected chi connectivity index (χ4v) is 2.14. The van der Waals surface area contributed by atoms with Crippen molar-refractivity contribution in [2.45, 2.75) is 32.4 Å². The fourth-order valence-electron chi connectivity index (χ4n) is 2.14. The van der Waals surface area contributed by atoms with E-state index in [4.69, 9.17) is 5.73 Å². The Morgan fingerprint density at radius 2 is 1.88 bits per heavy atom. The van der Waals surface area contributed by atoms with Crippen LogP contribution >= 0.6 is 24.8 Å². The molecule has 0 saturated heterocycles. The van der Waals surface area contributed by atoms with Crippen molar-refractivity contribution in [3.8, 4) is 0 Å². The molecule has 0 aliphatic carbocycles. The number of nitrogens with zero attached hydrogens (tertiary/aromatic N) is 1. The summed E-state index contributed by atoms with van der Waals surface area (Å²) in [5.41, 5.74) is 7.49. The first kappa shape index (κ1) is 23.9. The maximum Gasteiger partial charge on any atom is 0.253 e. The van der Waals surface area contributed by atoms with Gasteiger partial charge in [-0.05, 0) is 37.1 Å². The van der Waals surface area contributed by atoms with Crippen LogP contribution in [0.2, 0.25) is 0 Å². The Morgan fingerprint density at radius 3 is 2.54 bits per heavy atom. The third-order valence-corrected chi connectivity index (χ3v) is 3.45. The molecule has 2 rings (SSSR count). The number of carbonyl (C=O) groups is 2. The smallest absolute Gasteiger partial charge is 0.253 e. The summed E-state index contributed by atoms with van der Waals surface area (Å²) >= 11 is 0. The van der Waals surface area contributed by atoms with E-state index in [1.165, 1.54) is 0 Å². The van der Waals surface area contributed by atoms with Gasteiger partial charge in [-0.3, -0.25) is 14.6 Å². The van der Waals surface area contributed by atoms with Crippen molar-refractivity contribution in [3.05, 3.63) is 59.9 Å². The van der Waals surface area contributed by atoms with Gasteiger partial charge in [0.2, 0.25) is 5.91 Å². The molecular formula is C18H24Cl2N4O2. The number of nitrogens with two attached hydrogens (primary N) is 1. The first-order valence-electron chi connectivity index (χ1n) is 7.88. The summed E-state index contributed by atoms with van der Waals surface area (Å²) in [5, 5.41) is 5.61. The number of carbonyl (C=O) groups excluding carboxylic acids is 2. The number of anilines is 1. The quantitative estimate of drug-likeness (QED) is 0.667. The molecule has 6 nitrogen and oxygen atoms in total. The first-order chi connectivity index (χ1) is 11.6. The van der Waals surface area contributed by atoms with Gasteiger partial charge >= 0.3 is 0 Å². The molecule has 0 aliphatic heterocycles. The van der Waals surface area contributed by atoms with E-state index in [1.807, 2.05) is 19.1 Å². The summed E-state index contributed by atoms with van der Waals surface area (Å²) in [6, 6.07) is 10.6. The van der Waals surface area contributed by atoms with Crippen LogP contribution < -0.4 is 16.4 Å². The Hall–Kier alpha value is -2.15. The van der Waals surface area contributed by atoms with Crippen molar-refractivity contribution < 1.29 is 9.59 Å². The number of amides is 2. The van der Waals surface area contributed by atoms with E-state index in [9.17, 15) is 9.59 Å². The first-order valence-corrected chi connectivity index (χ1v) is 7.88. The van der Waals surface area contributed by atoms with Gasteiger partial charge in [0.05, 0.1) is 11.3 Å². The molecule has 1 aromatic carbocycles. The van der Waals surface area contributed by atoms with E-state index in [2.05, 4.69) is 15.6 Å². The molecule has 0 radical (unpaired) electrons. The molecule has 4 N–H and O–H groups in total. The maximum atomic E-state index is 12.4. The molecular weight excluding hydrogens is 375 g/mol. The summed E-state index contributed by atoms with van der Waals surface area (Å²) in [6.45, 7) is 2.23. The largest absolute Gasteiger partial charge is 0.348 e. The number of halogens is 2. The third kappa shape index (κ3) is 7.82. The highest BCUT2D eigenvalue weighted by Crippen LogP contribution is 2.16. The Morgan fingerprint density at radius 1 is 1.15 bits per heavy atom. The molecule has 1 atom stereocenters. The Balaban J connectivity index is 0.00000312. The average Bonchev–Trinajstić information content (AvgIpc) is 2.59. The van der Waals surface area contributed by atoms with Crippen molar-refractivity contribution in [1.29, 1.82) is 0 Å². The summed E-state index contributed by atoms with van der Waals surface area (Å²) in [5.74, 6) is -0.401. The zero-order chi connectivity index (χ0) is 17.4. The van der Waals surface area contributed by atoms with Crippen LogP contribution in [0.5, 0.6) is 0 Å². The minimum Gasteiger partial charge on any atom is -0.348 e. The van der Waals surface area contributed by atoms with E-state index in [0.29, 0.717) is 30.6 Å². The fraction of sp³-hybridized carbons (Fsp3) is 0.278. The van der Waals surface area contributed by atoms with Crippen molar-refractivity contribution in [2.24, 2.45) is 5.73 Å². The van der Waals surface area contributed by atoms with Gasteiger partial charge in [0.1, 0.15) is 0 Å². The molecule has 1 unspecified atom stereocenters. The molecule has 2 aromatic rings. The lowest BCUT2D eigenvalue weighted by molar-refractivity contribution is -0.116. The van der Waals surface area contributed by atoms with Crippen molar-refractivity contribution in [2.75, 3.05) is 5.32 Å². The van der Waals surface area contributed by atoms with Gasteiger partial charge < -0.3 is 16.4 Å². The van der Waals surface area contributed by atoms with Gasteiger partial charge in [0, 0.05) is 31.4 Å². The molecule has 2 amide bonds.